The lowest BCUT2D eigenvalue weighted by molar-refractivity contribution is -0.157. The van der Waals surface area contributed by atoms with Crippen molar-refractivity contribution in [2.24, 2.45) is 23.1 Å². The molecule has 794 valence electrons. The topological polar surface area (TPSA) is 441 Å². The van der Waals surface area contributed by atoms with Crippen molar-refractivity contribution in [3.63, 3.8) is 0 Å². The Balaban J connectivity index is -0.000000453. The number of methoxy groups -OCH3 is 2. The van der Waals surface area contributed by atoms with E-state index in [1.54, 1.807) is 54.7 Å². The summed E-state index contributed by atoms with van der Waals surface area (Å²) in [7, 11) is 16.2. The van der Waals surface area contributed by atoms with Gasteiger partial charge in [-0.2, -0.15) is 0 Å². The molecule has 0 aromatic heterocycles. The zero-order chi connectivity index (χ0) is 103. The average Bonchev–Trinajstić information content (AvgIpc) is 0.927. The maximum Gasteiger partial charge on any atom is 0.320 e. The average molecular weight is 1930 g/mol. The summed E-state index contributed by atoms with van der Waals surface area (Å²) < 4.78 is 31.4. The Labute approximate surface area is 819 Å². The number of nitrogens with two attached hydrogens (primary N) is 3. The molecule has 2 amide bonds. The first kappa shape index (κ1) is 139. The van der Waals surface area contributed by atoms with E-state index >= 15 is 0 Å². The summed E-state index contributed by atoms with van der Waals surface area (Å²) in [6.45, 7) is 27.7. The number of amides is 2. The van der Waals surface area contributed by atoms with Gasteiger partial charge in [0.2, 0.25) is 11.8 Å². The molecule has 0 radical (unpaired) electrons. The zero-order valence-corrected chi connectivity index (χ0v) is 88.5. The summed E-state index contributed by atoms with van der Waals surface area (Å²) in [5, 5.41) is 60.7. The van der Waals surface area contributed by atoms with Crippen molar-refractivity contribution in [2.45, 2.75) is 387 Å². The number of aliphatic hydroxyl groups excluding tert-OH is 5. The number of unbranched alkanes of at least 4 members (excludes halogenated alkanes) is 20. The number of hydrogen-bond acceptors (Lipinski definition) is 29. The van der Waals surface area contributed by atoms with Crippen molar-refractivity contribution in [2.75, 3.05) is 162 Å². The molecule has 0 aliphatic heterocycles. The summed E-state index contributed by atoms with van der Waals surface area (Å²) in [4.78, 5) is 117. The molecule has 31 heteroatoms. The normalized spacial score (nSPS) is 13.7. The van der Waals surface area contributed by atoms with E-state index in [9.17, 15) is 68.7 Å². The van der Waals surface area contributed by atoms with Crippen LogP contribution >= 0.6 is 0 Å². The molecule has 10 unspecified atom stereocenters. The van der Waals surface area contributed by atoms with Crippen LogP contribution in [0.15, 0.2) is 60.8 Å². The van der Waals surface area contributed by atoms with Gasteiger partial charge < -0.3 is 92.0 Å². The standard InChI is InChI=1S/C48H90N4O8.C19H37N3O4.C18H33NO5.C14H26O3.C3H9N.C2H8N2/c1-7-11-14-15-16-17-18-19-20-21-28-37-52(6)40-48(58)60-45(33-23-13-9-3)42(54)30-25-24-29-41(53)38-49-35-36-50-46(56)34-27-26-31-43(55)44(32-22-12-8-2)59-47(57)39-51(5)10-4;1-4-6-7-11-17(26-19(25)15-22(3)5-2)16(23)10-8-9-12-18(24)21-14-13-20;1-5-7-8-12-16(24-18(22)14-19(3)6-2)15(20)11-9-10-13-17(21)23-4;1-4-5-6-9-12(2)13(15)10-7-8-11-14(16)17-3;1-4(2)3;3-1-2-4/h24-27,42-45,49,54-55H,7-23,28-40H2,1-6H3,(H,50,56);8-9,16-17,23H,4-7,10-15,20H2,1-3H3,(H,21,24);9-10,15-16,20H,5-8,11-14H2,1-4H3;7-8,12-13,15H,4-6,9-11H2,1-3H3;1-3H3;1-4H2/b25-24+,27-26+;9-8+;10-9+;8-7+;;. The largest absolute Gasteiger partial charge is 0.469 e. The third-order valence-electron chi connectivity index (χ3n) is 21.8. The number of likely N-dealkylation sites (N-methyl/N-ethyl adjacent to an activating group) is 4. The lowest BCUT2D eigenvalue weighted by Gasteiger charge is -2.24. The Morgan fingerprint density at radius 2 is 0.578 bits per heavy atom. The number of nitrogens with zero attached hydrogens (tertiary/aromatic N) is 5. The van der Waals surface area contributed by atoms with Crippen molar-refractivity contribution in [3.8, 4) is 0 Å². The molecule has 31 nitrogen and oxygen atoms in total. The predicted molar refractivity (Wildman–Crippen MR) is 549 cm³/mol. The molecule has 0 saturated carbocycles. The minimum absolute atomic E-state index is 0.0172. The third-order valence-corrected chi connectivity index (χ3v) is 21.8. The van der Waals surface area contributed by atoms with Crippen molar-refractivity contribution in [1.29, 1.82) is 0 Å². The van der Waals surface area contributed by atoms with Gasteiger partial charge in [-0.15, -0.1) is 0 Å². The van der Waals surface area contributed by atoms with Gasteiger partial charge in [0.1, 0.15) is 30.2 Å². The maximum atomic E-state index is 12.8. The molecule has 0 aliphatic rings. The van der Waals surface area contributed by atoms with Crippen LogP contribution in [0.3, 0.4) is 0 Å². The minimum atomic E-state index is -0.845. The van der Waals surface area contributed by atoms with E-state index in [4.69, 9.17) is 36.1 Å². The molecule has 135 heavy (non-hydrogen) atoms. The van der Waals surface area contributed by atoms with Gasteiger partial charge in [-0.05, 0) is 178 Å². The SMILES string of the molecule is CCCCCC(C)C(O)C/C=C/CC(=O)OC.CCCCCC(OC(=O)CN(C)CC)C(O)C/C=C/CC(=O)NCCN.CCCCCC(OC(=O)CN(C)CC)C(O)C/C=C/CC(=O)OC.CCCCCCCCCCCCCN(C)CC(=O)OC(CCCCC)C(O)C/C=C/CC(=O)CNCCNC(=O)C/C=C/CC(O)C(CCCCC)OC(=O)CN(C)CC.CN(C)C.NCCN. The summed E-state index contributed by atoms with van der Waals surface area (Å²) >= 11 is 0. The highest BCUT2D eigenvalue weighted by atomic mass is 16.6. The molecular formula is C104H203N11O20. The summed E-state index contributed by atoms with van der Waals surface area (Å²) in [6.07, 6.45) is 47.7. The van der Waals surface area contributed by atoms with Crippen molar-refractivity contribution in [3.05, 3.63) is 60.8 Å². The number of rotatable bonds is 80. The fourth-order valence-electron chi connectivity index (χ4n) is 12.9. The molecular weight excluding hydrogens is 1720 g/mol. The fraction of sp³-hybridized carbons (Fsp3) is 0.817. The molecule has 0 aromatic carbocycles. The Morgan fingerprint density at radius 1 is 0.311 bits per heavy atom. The van der Waals surface area contributed by atoms with Gasteiger partial charge in [-0.25, -0.2) is 0 Å². The number of carbonyl (C=O) groups is 9. The number of aliphatic hydroxyl groups is 5. The van der Waals surface area contributed by atoms with Crippen LogP contribution in [-0.2, 0) is 71.6 Å². The van der Waals surface area contributed by atoms with Crippen LogP contribution in [-0.4, -0.2) is 320 Å². The quantitative estimate of drug-likeness (QED) is 0.0117. The first-order valence-electron chi connectivity index (χ1n) is 51.4. The van der Waals surface area contributed by atoms with Gasteiger partial charge in [0.25, 0.3) is 0 Å². The number of esters is 6. The Hall–Kier alpha value is -6.43. The molecule has 0 fully saturated rings. The number of allylic oxidation sites excluding steroid dienone is 1. The first-order valence-corrected chi connectivity index (χ1v) is 51.4. The van der Waals surface area contributed by atoms with Crippen LogP contribution in [0, 0.1) is 5.92 Å². The summed E-state index contributed by atoms with van der Waals surface area (Å²) in [6, 6.07) is 0. The van der Waals surface area contributed by atoms with Gasteiger partial charge in [-0.1, -0.05) is 265 Å². The van der Waals surface area contributed by atoms with Crippen molar-refractivity contribution >= 4 is 53.4 Å². The van der Waals surface area contributed by atoms with E-state index in [0.29, 0.717) is 96.6 Å². The second kappa shape index (κ2) is 103. The molecule has 0 bridgehead atoms. The number of ketones is 1. The Kier molecular flexibility index (Phi) is 107. The molecule has 14 N–H and O–H groups in total. The van der Waals surface area contributed by atoms with E-state index in [0.717, 1.165) is 116 Å². The molecule has 0 spiro atoms. The number of nitrogens with one attached hydrogen (secondary N) is 3. The molecule has 10 atom stereocenters. The number of Topliss-reactive ketones (excluding diaryl/α,β-unsaturated/α-hetero) is 1. The van der Waals surface area contributed by atoms with Crippen LogP contribution in [0.5, 0.6) is 0 Å². The number of hydrogen-bond donors (Lipinski definition) is 11. The van der Waals surface area contributed by atoms with E-state index < -0.39 is 48.8 Å². The van der Waals surface area contributed by atoms with Crippen LogP contribution in [0.1, 0.15) is 332 Å². The van der Waals surface area contributed by atoms with Gasteiger partial charge in [-0.3, -0.25) is 62.8 Å². The smallest absolute Gasteiger partial charge is 0.320 e. The van der Waals surface area contributed by atoms with Crippen LogP contribution < -0.4 is 33.2 Å². The highest BCUT2D eigenvalue weighted by Gasteiger charge is 2.28. The molecule has 0 heterocycles. The number of carbonyl (C=O) groups excluding carboxylic acids is 9. The third kappa shape index (κ3) is 100. The predicted octanol–water partition coefficient (Wildman–Crippen LogP) is 13.5. The Bertz CT molecular complexity index is 2930. The van der Waals surface area contributed by atoms with E-state index in [1.165, 1.54) is 97.7 Å². The Morgan fingerprint density at radius 3 is 0.874 bits per heavy atom. The monoisotopic (exact) mass is 1930 g/mol. The zero-order valence-electron chi connectivity index (χ0n) is 88.5. The minimum Gasteiger partial charge on any atom is -0.469 e. The van der Waals surface area contributed by atoms with E-state index in [1.807, 2.05) is 101 Å². The summed E-state index contributed by atoms with van der Waals surface area (Å²) in [5.74, 6) is -1.84. The van der Waals surface area contributed by atoms with Crippen LogP contribution in [0.2, 0.25) is 0 Å². The second-order valence-electron chi connectivity index (χ2n) is 35.5. The highest BCUT2D eigenvalue weighted by molar-refractivity contribution is 5.82. The molecule has 0 saturated heterocycles. The summed E-state index contributed by atoms with van der Waals surface area (Å²) in [5.41, 5.74) is 15.1. The van der Waals surface area contributed by atoms with Crippen molar-refractivity contribution in [1.82, 2.24) is 40.4 Å². The molecule has 0 rings (SSSR count). The van der Waals surface area contributed by atoms with Gasteiger partial charge in [0, 0.05) is 58.5 Å². The number of ether oxygens (including phenoxy) is 6. The lowest BCUT2D eigenvalue weighted by Crippen LogP contribution is -2.36. The van der Waals surface area contributed by atoms with Crippen LogP contribution in [0.4, 0.5) is 0 Å². The molecule has 0 aromatic rings. The van der Waals surface area contributed by atoms with Gasteiger partial charge >= 0.3 is 35.8 Å². The fourth-order valence-corrected chi connectivity index (χ4v) is 12.9. The van der Waals surface area contributed by atoms with Gasteiger partial charge in [0.15, 0.2) is 0 Å². The maximum absolute atomic E-state index is 12.8. The molecule has 0 aliphatic carbocycles. The van der Waals surface area contributed by atoms with Crippen LogP contribution in [0.25, 0.3) is 0 Å². The lowest BCUT2D eigenvalue weighted by atomic mass is 9.95. The second-order valence-corrected chi connectivity index (χ2v) is 35.5. The highest BCUT2D eigenvalue weighted by Crippen LogP contribution is 2.22. The first-order chi connectivity index (χ1) is 64.6. The van der Waals surface area contributed by atoms with Gasteiger partial charge in [0.05, 0.1) is 90.3 Å². The van der Waals surface area contributed by atoms with E-state index in [-0.39, 0.29) is 131 Å². The van der Waals surface area contributed by atoms with Crippen molar-refractivity contribution < 1.29 is 97.1 Å². The van der Waals surface area contributed by atoms with E-state index in [2.05, 4.69) is 73.9 Å².